The number of nitrogens with one attached hydrogen (secondary N) is 1. The van der Waals surface area contributed by atoms with E-state index in [0.717, 1.165) is 0 Å². The summed E-state index contributed by atoms with van der Waals surface area (Å²) >= 11 is 0. The second-order valence-electron chi connectivity index (χ2n) is 3.34. The fraction of sp³-hybridized carbons (Fsp3) is 0.500. The molecule has 17 heavy (non-hydrogen) atoms. The predicted molar refractivity (Wildman–Crippen MR) is 53.4 cm³/mol. The zero-order valence-corrected chi connectivity index (χ0v) is 9.09. The van der Waals surface area contributed by atoms with Crippen molar-refractivity contribution >= 4 is 0 Å². The highest BCUT2D eigenvalue weighted by atomic mass is 19.3. The lowest BCUT2D eigenvalue weighted by atomic mass is 10.2. The van der Waals surface area contributed by atoms with Crippen molar-refractivity contribution in [3.8, 4) is 5.88 Å². The molecule has 1 heterocycles. The Hall–Kier alpha value is -1.37. The summed E-state index contributed by atoms with van der Waals surface area (Å²) in [6.45, 7) is -1.11. The van der Waals surface area contributed by atoms with Gasteiger partial charge in [0.25, 0.3) is 0 Å². The minimum absolute atomic E-state index is 0.0146. The van der Waals surface area contributed by atoms with Gasteiger partial charge in [-0.05, 0) is 6.07 Å². The van der Waals surface area contributed by atoms with Crippen LogP contribution in [0.25, 0.3) is 0 Å². The quantitative estimate of drug-likeness (QED) is 0.787. The van der Waals surface area contributed by atoms with Gasteiger partial charge in [0, 0.05) is 18.3 Å². The van der Waals surface area contributed by atoms with Gasteiger partial charge < -0.3 is 10.1 Å². The zero-order valence-electron chi connectivity index (χ0n) is 9.09. The number of aromatic nitrogens is 1. The van der Waals surface area contributed by atoms with E-state index in [1.54, 1.807) is 12.1 Å². The molecule has 0 saturated heterocycles. The summed E-state index contributed by atoms with van der Waals surface area (Å²) in [5.74, 6) is -3.75. The first-order chi connectivity index (χ1) is 7.97. The van der Waals surface area contributed by atoms with Crippen molar-refractivity contribution in [2.75, 3.05) is 13.7 Å². The molecular formula is C10H12F4N2O. The fourth-order valence-electron chi connectivity index (χ4n) is 1.18. The maximum absolute atomic E-state index is 12.6. The van der Waals surface area contributed by atoms with Crippen molar-refractivity contribution in [1.82, 2.24) is 10.3 Å². The lowest BCUT2D eigenvalue weighted by Crippen LogP contribution is -2.38. The summed E-state index contributed by atoms with van der Waals surface area (Å²) in [6.07, 6.45) is -2.19. The van der Waals surface area contributed by atoms with Crippen LogP contribution in [0.4, 0.5) is 17.6 Å². The van der Waals surface area contributed by atoms with Gasteiger partial charge in [-0.15, -0.1) is 0 Å². The summed E-state index contributed by atoms with van der Waals surface area (Å²) in [6, 6.07) is 3.21. The molecule has 0 amide bonds. The van der Waals surface area contributed by atoms with E-state index in [1.165, 1.54) is 13.3 Å². The lowest BCUT2D eigenvalue weighted by molar-refractivity contribution is -0.125. The monoisotopic (exact) mass is 252 g/mol. The second-order valence-corrected chi connectivity index (χ2v) is 3.34. The molecule has 96 valence electrons. The summed E-state index contributed by atoms with van der Waals surface area (Å²) < 4.78 is 53.7. The van der Waals surface area contributed by atoms with Gasteiger partial charge in [-0.2, -0.15) is 8.78 Å². The summed E-state index contributed by atoms with van der Waals surface area (Å²) in [5.41, 5.74) is 0.528. The van der Waals surface area contributed by atoms with Gasteiger partial charge in [0.05, 0.1) is 13.7 Å². The molecule has 1 N–H and O–H groups in total. The van der Waals surface area contributed by atoms with Crippen LogP contribution in [-0.2, 0) is 6.54 Å². The van der Waals surface area contributed by atoms with Crippen LogP contribution in [0.5, 0.6) is 5.88 Å². The van der Waals surface area contributed by atoms with Crippen LogP contribution < -0.4 is 10.1 Å². The number of pyridine rings is 1. The van der Waals surface area contributed by atoms with E-state index in [-0.39, 0.29) is 12.4 Å². The van der Waals surface area contributed by atoms with E-state index in [2.05, 4.69) is 10.3 Å². The SMILES string of the molecule is COc1ncccc1CNCC(F)(F)C(F)F. The summed E-state index contributed by atoms with van der Waals surface area (Å²) in [4.78, 5) is 3.85. The number of hydrogen-bond donors (Lipinski definition) is 1. The maximum atomic E-state index is 12.6. The Morgan fingerprint density at radius 2 is 2.18 bits per heavy atom. The van der Waals surface area contributed by atoms with Crippen molar-refractivity contribution in [1.29, 1.82) is 0 Å². The van der Waals surface area contributed by atoms with Crippen molar-refractivity contribution in [2.45, 2.75) is 18.9 Å². The van der Waals surface area contributed by atoms with Crippen LogP contribution in [0.1, 0.15) is 5.56 Å². The van der Waals surface area contributed by atoms with Gasteiger partial charge >= 0.3 is 12.3 Å². The Labute approximate surface area is 95.8 Å². The Morgan fingerprint density at radius 1 is 1.47 bits per heavy atom. The predicted octanol–water partition coefficient (Wildman–Crippen LogP) is 2.08. The molecule has 1 aromatic heterocycles. The standard InChI is InChI=1S/C10H12F4N2O/c1-17-8-7(3-2-4-16-8)5-15-6-10(13,14)9(11)12/h2-4,9,15H,5-6H2,1H3. The molecule has 0 bridgehead atoms. The molecule has 0 aromatic carbocycles. The molecule has 1 rings (SSSR count). The van der Waals surface area contributed by atoms with E-state index >= 15 is 0 Å². The van der Waals surface area contributed by atoms with Gasteiger partial charge in [0.1, 0.15) is 0 Å². The van der Waals surface area contributed by atoms with Crippen LogP contribution in [0.3, 0.4) is 0 Å². The maximum Gasteiger partial charge on any atom is 0.319 e. The van der Waals surface area contributed by atoms with Crippen LogP contribution in [-0.4, -0.2) is 31.0 Å². The molecule has 0 fully saturated rings. The first kappa shape index (κ1) is 13.7. The molecule has 0 aliphatic heterocycles. The third-order valence-corrected chi connectivity index (χ3v) is 2.04. The molecule has 0 unspecified atom stereocenters. The highest BCUT2D eigenvalue weighted by Gasteiger charge is 2.39. The number of alkyl halides is 4. The number of rotatable bonds is 6. The summed E-state index contributed by atoms with van der Waals surface area (Å²) in [7, 11) is 1.39. The largest absolute Gasteiger partial charge is 0.481 e. The van der Waals surface area contributed by atoms with Gasteiger partial charge in [0.15, 0.2) is 0 Å². The number of ether oxygens (including phenoxy) is 1. The zero-order chi connectivity index (χ0) is 12.9. The number of halogens is 4. The van der Waals surface area contributed by atoms with Crippen LogP contribution in [0, 0.1) is 0 Å². The van der Waals surface area contributed by atoms with E-state index in [9.17, 15) is 17.6 Å². The Balaban J connectivity index is 2.51. The van der Waals surface area contributed by atoms with Gasteiger partial charge in [-0.1, -0.05) is 6.07 Å². The van der Waals surface area contributed by atoms with Crippen LogP contribution >= 0.6 is 0 Å². The first-order valence-corrected chi connectivity index (χ1v) is 4.82. The number of nitrogens with zero attached hydrogens (tertiary/aromatic N) is 1. The molecule has 7 heteroatoms. The molecule has 0 spiro atoms. The second kappa shape index (κ2) is 5.81. The molecule has 1 aromatic rings. The van der Waals surface area contributed by atoms with Gasteiger partial charge in [0.2, 0.25) is 5.88 Å². The van der Waals surface area contributed by atoms with Crippen LogP contribution in [0.2, 0.25) is 0 Å². The average molecular weight is 252 g/mol. The minimum Gasteiger partial charge on any atom is -0.481 e. The highest BCUT2D eigenvalue weighted by Crippen LogP contribution is 2.22. The first-order valence-electron chi connectivity index (χ1n) is 4.82. The lowest BCUT2D eigenvalue weighted by Gasteiger charge is -2.16. The van der Waals surface area contributed by atoms with E-state index in [1.807, 2.05) is 0 Å². The molecule has 0 radical (unpaired) electrons. The average Bonchev–Trinajstić information content (AvgIpc) is 2.29. The van der Waals surface area contributed by atoms with Crippen molar-refractivity contribution in [3.05, 3.63) is 23.9 Å². The summed E-state index contributed by atoms with van der Waals surface area (Å²) in [5, 5.41) is 2.25. The molecule has 0 aliphatic carbocycles. The van der Waals surface area contributed by atoms with Crippen molar-refractivity contribution < 1.29 is 22.3 Å². The number of methoxy groups -OCH3 is 1. The van der Waals surface area contributed by atoms with E-state index < -0.39 is 18.9 Å². The molecule has 0 atom stereocenters. The van der Waals surface area contributed by atoms with Crippen molar-refractivity contribution in [3.63, 3.8) is 0 Å². The van der Waals surface area contributed by atoms with Gasteiger partial charge in [-0.25, -0.2) is 13.8 Å². The minimum atomic E-state index is -4.03. The topological polar surface area (TPSA) is 34.1 Å². The molecular weight excluding hydrogens is 240 g/mol. The fourth-order valence-corrected chi connectivity index (χ4v) is 1.18. The third-order valence-electron chi connectivity index (χ3n) is 2.04. The normalized spacial score (nSPS) is 11.9. The third kappa shape index (κ3) is 3.85. The van der Waals surface area contributed by atoms with Crippen LogP contribution in [0.15, 0.2) is 18.3 Å². The Kier molecular flexibility index (Phi) is 4.68. The van der Waals surface area contributed by atoms with Crippen molar-refractivity contribution in [2.24, 2.45) is 0 Å². The Bertz CT molecular complexity index is 360. The van der Waals surface area contributed by atoms with Gasteiger partial charge in [-0.3, -0.25) is 0 Å². The Morgan fingerprint density at radius 3 is 2.76 bits per heavy atom. The molecule has 0 aliphatic rings. The number of hydrogen-bond acceptors (Lipinski definition) is 3. The smallest absolute Gasteiger partial charge is 0.319 e. The molecule has 0 saturated carbocycles. The van der Waals surface area contributed by atoms with E-state index in [0.29, 0.717) is 5.56 Å². The molecule has 3 nitrogen and oxygen atoms in total. The highest BCUT2D eigenvalue weighted by molar-refractivity contribution is 5.24. The van der Waals surface area contributed by atoms with E-state index in [4.69, 9.17) is 4.74 Å².